The van der Waals surface area contributed by atoms with Crippen LogP contribution in [0.15, 0.2) is 12.1 Å². The molecule has 0 bridgehead atoms. The summed E-state index contributed by atoms with van der Waals surface area (Å²) in [4.78, 5) is 22.8. The Hall–Kier alpha value is -2.38. The van der Waals surface area contributed by atoms with Gasteiger partial charge in [-0.05, 0) is 32.4 Å². The van der Waals surface area contributed by atoms with Crippen LogP contribution >= 0.6 is 0 Å². The third kappa shape index (κ3) is 5.39. The van der Waals surface area contributed by atoms with E-state index in [0.29, 0.717) is 0 Å². The zero-order chi connectivity index (χ0) is 17.8. The molecule has 2 N–H and O–H groups in total. The molecule has 0 aliphatic carbocycles. The molecule has 1 amide bonds. The molecule has 0 radical (unpaired) electrons. The number of carboxylic acid groups (broad SMARTS) is 1. The highest BCUT2D eigenvalue weighted by Crippen LogP contribution is 2.23. The van der Waals surface area contributed by atoms with Gasteiger partial charge in [0.1, 0.15) is 11.6 Å². The predicted octanol–water partition coefficient (Wildman–Crippen LogP) is 2.49. The van der Waals surface area contributed by atoms with Crippen LogP contribution in [0.2, 0.25) is 0 Å². The molecular formula is C15H19F2NO5. The molecule has 0 saturated carbocycles. The van der Waals surface area contributed by atoms with Gasteiger partial charge in [-0.1, -0.05) is 6.07 Å². The van der Waals surface area contributed by atoms with E-state index in [9.17, 15) is 18.4 Å². The molecule has 0 aliphatic rings. The Morgan fingerprint density at radius 1 is 1.26 bits per heavy atom. The van der Waals surface area contributed by atoms with Gasteiger partial charge in [-0.2, -0.15) is 4.39 Å². The van der Waals surface area contributed by atoms with Crippen LogP contribution in [-0.4, -0.2) is 35.9 Å². The second kappa shape index (κ2) is 7.26. The molecule has 0 fully saturated rings. The van der Waals surface area contributed by atoms with Crippen LogP contribution in [0.3, 0.4) is 0 Å². The number of amides is 1. The first-order valence-corrected chi connectivity index (χ1v) is 6.78. The fraction of sp³-hybridized carbons (Fsp3) is 0.467. The number of halogens is 2. The normalized spacial score (nSPS) is 12.4. The number of hydrogen-bond acceptors (Lipinski definition) is 4. The Bertz CT molecular complexity index is 598. The van der Waals surface area contributed by atoms with Gasteiger partial charge in [0.2, 0.25) is 5.82 Å². The first-order chi connectivity index (χ1) is 10.5. The number of carbonyl (C=O) groups is 2. The van der Waals surface area contributed by atoms with Crippen molar-refractivity contribution >= 4 is 12.1 Å². The lowest BCUT2D eigenvalue weighted by atomic mass is 10.0. The van der Waals surface area contributed by atoms with E-state index in [2.05, 4.69) is 10.1 Å². The van der Waals surface area contributed by atoms with Gasteiger partial charge in [-0.25, -0.2) is 14.0 Å². The minimum absolute atomic E-state index is 0.202. The summed E-state index contributed by atoms with van der Waals surface area (Å²) < 4.78 is 37.1. The van der Waals surface area contributed by atoms with Crippen LogP contribution in [0.4, 0.5) is 13.6 Å². The lowest BCUT2D eigenvalue weighted by Crippen LogP contribution is -2.44. The minimum atomic E-state index is -1.47. The molecule has 0 spiro atoms. The molecule has 1 unspecified atom stereocenters. The Morgan fingerprint density at radius 3 is 2.35 bits per heavy atom. The average Bonchev–Trinajstić information content (AvgIpc) is 2.41. The second-order valence-electron chi connectivity index (χ2n) is 5.80. The van der Waals surface area contributed by atoms with Crippen LogP contribution in [-0.2, 0) is 16.0 Å². The number of benzene rings is 1. The Kier molecular flexibility index (Phi) is 5.89. The average molecular weight is 331 g/mol. The van der Waals surface area contributed by atoms with Crippen LogP contribution in [0.1, 0.15) is 26.3 Å². The summed E-state index contributed by atoms with van der Waals surface area (Å²) in [5.74, 6) is -4.13. The molecule has 128 valence electrons. The van der Waals surface area contributed by atoms with E-state index in [0.717, 1.165) is 0 Å². The van der Waals surface area contributed by atoms with E-state index in [4.69, 9.17) is 9.84 Å². The van der Waals surface area contributed by atoms with Crippen molar-refractivity contribution in [3.05, 3.63) is 29.3 Å². The van der Waals surface area contributed by atoms with Crippen LogP contribution in [0.25, 0.3) is 0 Å². The van der Waals surface area contributed by atoms with Crippen molar-refractivity contribution in [2.24, 2.45) is 0 Å². The van der Waals surface area contributed by atoms with E-state index in [-0.39, 0.29) is 11.3 Å². The van der Waals surface area contributed by atoms with Gasteiger partial charge in [-0.3, -0.25) is 0 Å². The number of methoxy groups -OCH3 is 1. The summed E-state index contributed by atoms with van der Waals surface area (Å²) >= 11 is 0. The zero-order valence-corrected chi connectivity index (χ0v) is 13.3. The fourth-order valence-corrected chi connectivity index (χ4v) is 1.76. The summed E-state index contributed by atoms with van der Waals surface area (Å²) in [7, 11) is 1.18. The Labute approximate surface area is 132 Å². The highest BCUT2D eigenvalue weighted by atomic mass is 19.2. The highest BCUT2D eigenvalue weighted by Gasteiger charge is 2.26. The first kappa shape index (κ1) is 18.7. The maximum Gasteiger partial charge on any atom is 0.408 e. The molecule has 0 saturated heterocycles. The van der Waals surface area contributed by atoms with E-state index < -0.39 is 41.8 Å². The van der Waals surface area contributed by atoms with Crippen molar-refractivity contribution in [2.75, 3.05) is 7.11 Å². The van der Waals surface area contributed by atoms with E-state index in [1.54, 1.807) is 20.8 Å². The highest BCUT2D eigenvalue weighted by molar-refractivity contribution is 5.80. The van der Waals surface area contributed by atoms with Crippen molar-refractivity contribution in [2.45, 2.75) is 38.8 Å². The number of carboxylic acids is 1. The first-order valence-electron chi connectivity index (χ1n) is 6.78. The molecule has 1 rings (SSSR count). The van der Waals surface area contributed by atoms with Gasteiger partial charge in [0.05, 0.1) is 7.11 Å². The number of carbonyl (C=O) groups excluding carboxylic acids is 1. The zero-order valence-electron chi connectivity index (χ0n) is 13.3. The third-order valence-corrected chi connectivity index (χ3v) is 2.76. The molecule has 1 aromatic carbocycles. The fourth-order valence-electron chi connectivity index (χ4n) is 1.76. The molecule has 1 atom stereocenters. The molecule has 23 heavy (non-hydrogen) atoms. The number of aliphatic carboxylic acids is 1. The van der Waals surface area contributed by atoms with Crippen molar-refractivity contribution in [1.82, 2.24) is 5.32 Å². The minimum Gasteiger partial charge on any atom is -0.494 e. The van der Waals surface area contributed by atoms with Crippen LogP contribution < -0.4 is 10.1 Å². The molecule has 6 nitrogen and oxygen atoms in total. The van der Waals surface area contributed by atoms with Crippen molar-refractivity contribution in [1.29, 1.82) is 0 Å². The number of alkyl carbamates (subject to hydrolysis) is 1. The molecule has 0 aliphatic heterocycles. The van der Waals surface area contributed by atoms with E-state index in [1.807, 2.05) is 0 Å². The maximum absolute atomic E-state index is 13.9. The number of nitrogens with one attached hydrogen (secondary N) is 1. The quantitative estimate of drug-likeness (QED) is 0.866. The summed E-state index contributed by atoms with van der Waals surface area (Å²) in [5.41, 5.74) is -1.02. The molecule has 0 heterocycles. The third-order valence-electron chi connectivity index (χ3n) is 2.76. The van der Waals surface area contributed by atoms with Crippen LogP contribution in [0, 0.1) is 11.6 Å². The van der Waals surface area contributed by atoms with Gasteiger partial charge in [0.15, 0.2) is 11.6 Å². The molecule has 8 heteroatoms. The molecular weight excluding hydrogens is 312 g/mol. The Balaban J connectivity index is 2.91. The summed E-state index contributed by atoms with van der Waals surface area (Å²) in [6.45, 7) is 4.84. The van der Waals surface area contributed by atoms with E-state index >= 15 is 0 Å². The van der Waals surface area contributed by atoms with Gasteiger partial charge in [0.25, 0.3) is 0 Å². The van der Waals surface area contributed by atoms with Gasteiger partial charge in [-0.15, -0.1) is 0 Å². The maximum atomic E-state index is 13.9. The van der Waals surface area contributed by atoms with Crippen molar-refractivity contribution < 1.29 is 33.0 Å². The monoisotopic (exact) mass is 331 g/mol. The van der Waals surface area contributed by atoms with Gasteiger partial charge in [0, 0.05) is 6.42 Å². The van der Waals surface area contributed by atoms with Gasteiger partial charge < -0.3 is 19.9 Å². The molecule has 1 aromatic rings. The van der Waals surface area contributed by atoms with E-state index in [1.165, 1.54) is 19.2 Å². The Morgan fingerprint density at radius 2 is 1.87 bits per heavy atom. The SMILES string of the molecule is COc1ccc(CC(NC(=O)OC(C)(C)C)C(=O)O)c(F)c1F. The number of ether oxygens (including phenoxy) is 2. The summed E-state index contributed by atoms with van der Waals surface area (Å²) in [6, 6.07) is 0.913. The lowest BCUT2D eigenvalue weighted by Gasteiger charge is -2.22. The molecule has 0 aromatic heterocycles. The van der Waals surface area contributed by atoms with Crippen molar-refractivity contribution in [3.8, 4) is 5.75 Å². The summed E-state index contributed by atoms with van der Waals surface area (Å²) in [5, 5.41) is 11.2. The smallest absolute Gasteiger partial charge is 0.408 e. The number of rotatable bonds is 5. The van der Waals surface area contributed by atoms with Crippen molar-refractivity contribution in [3.63, 3.8) is 0 Å². The predicted molar refractivity (Wildman–Crippen MR) is 77.4 cm³/mol. The largest absolute Gasteiger partial charge is 0.494 e. The lowest BCUT2D eigenvalue weighted by molar-refractivity contribution is -0.139. The van der Waals surface area contributed by atoms with Crippen LogP contribution in [0.5, 0.6) is 5.75 Å². The summed E-state index contributed by atoms with van der Waals surface area (Å²) in [6.07, 6.45) is -1.40. The second-order valence-corrected chi connectivity index (χ2v) is 5.80. The topological polar surface area (TPSA) is 84.9 Å². The van der Waals surface area contributed by atoms with Gasteiger partial charge >= 0.3 is 12.1 Å². The number of hydrogen-bond donors (Lipinski definition) is 2. The standard InChI is InChI=1S/C15H19F2NO5/c1-15(2,3)23-14(21)18-9(13(19)20)7-8-5-6-10(22-4)12(17)11(8)16/h5-6,9H,7H2,1-4H3,(H,18,21)(H,19,20).